The number of rotatable bonds is 68. The number of hydrogen-bond donors (Lipinski definition) is 3. The highest BCUT2D eigenvalue weighted by Gasteiger charge is 2.18. The molecule has 0 fully saturated rings. The molecule has 0 heterocycles. The van der Waals surface area contributed by atoms with E-state index in [2.05, 4.69) is 67.8 Å². The number of hydrogen-bond acceptors (Lipinski definition) is 5. The molecule has 2 unspecified atom stereocenters. The van der Waals surface area contributed by atoms with E-state index in [4.69, 9.17) is 4.74 Å². The van der Waals surface area contributed by atoms with Gasteiger partial charge < -0.3 is 20.3 Å². The van der Waals surface area contributed by atoms with Gasteiger partial charge in [-0.3, -0.25) is 9.59 Å². The summed E-state index contributed by atoms with van der Waals surface area (Å²) in [7, 11) is 0. The number of nitrogens with one attached hydrogen (secondary N) is 1. The van der Waals surface area contributed by atoms with Crippen molar-refractivity contribution in [1.82, 2.24) is 5.32 Å². The van der Waals surface area contributed by atoms with Crippen LogP contribution in [0, 0.1) is 0 Å². The second kappa shape index (κ2) is 71.0. The van der Waals surface area contributed by atoms with E-state index in [0.717, 1.165) is 57.8 Å². The summed E-state index contributed by atoms with van der Waals surface area (Å²) in [4.78, 5) is 24.6. The molecule has 0 aromatic rings. The van der Waals surface area contributed by atoms with Crippen LogP contribution in [0.3, 0.4) is 0 Å². The zero-order valence-electron chi connectivity index (χ0n) is 55.0. The minimum atomic E-state index is -0.843. The molecule has 0 saturated heterocycles. The number of esters is 1. The van der Waals surface area contributed by atoms with Gasteiger partial charge in [-0.05, 0) is 96.3 Å². The quantitative estimate of drug-likeness (QED) is 0.0320. The molecule has 0 bridgehead atoms. The van der Waals surface area contributed by atoms with E-state index in [1.54, 1.807) is 6.08 Å². The van der Waals surface area contributed by atoms with Crippen LogP contribution in [-0.2, 0) is 14.3 Å². The molecule has 82 heavy (non-hydrogen) atoms. The molecule has 0 saturated carbocycles. The number of amides is 1. The lowest BCUT2D eigenvalue weighted by molar-refractivity contribution is -0.143. The smallest absolute Gasteiger partial charge is 0.305 e. The molecule has 6 heteroatoms. The lowest BCUT2D eigenvalue weighted by Crippen LogP contribution is -2.45. The minimum absolute atomic E-state index is 0.00237. The Kier molecular flexibility index (Phi) is 68.9. The highest BCUT2D eigenvalue weighted by molar-refractivity contribution is 5.76. The normalized spacial score (nSPS) is 12.9. The van der Waals surface area contributed by atoms with E-state index in [0.29, 0.717) is 19.4 Å². The van der Waals surface area contributed by atoms with Gasteiger partial charge in [-0.15, -0.1) is 0 Å². The van der Waals surface area contributed by atoms with Crippen LogP contribution in [0.25, 0.3) is 0 Å². The van der Waals surface area contributed by atoms with Crippen molar-refractivity contribution in [3.63, 3.8) is 0 Å². The largest absolute Gasteiger partial charge is 0.466 e. The molecule has 0 rings (SSSR count). The zero-order chi connectivity index (χ0) is 59.2. The van der Waals surface area contributed by atoms with Crippen molar-refractivity contribution in [1.29, 1.82) is 0 Å². The van der Waals surface area contributed by atoms with Gasteiger partial charge in [0.25, 0.3) is 0 Å². The first-order valence-corrected chi connectivity index (χ1v) is 36.6. The number of aliphatic hydroxyl groups is 2. The van der Waals surface area contributed by atoms with Crippen molar-refractivity contribution in [2.75, 3.05) is 13.2 Å². The first-order chi connectivity index (χ1) is 40.5. The van der Waals surface area contributed by atoms with Gasteiger partial charge in [-0.25, -0.2) is 0 Å². The number of carbonyl (C=O) groups is 2. The van der Waals surface area contributed by atoms with Crippen molar-refractivity contribution in [2.24, 2.45) is 0 Å². The van der Waals surface area contributed by atoms with Crippen molar-refractivity contribution >= 4 is 11.9 Å². The van der Waals surface area contributed by atoms with Crippen molar-refractivity contribution in [2.45, 2.75) is 398 Å². The van der Waals surface area contributed by atoms with Gasteiger partial charge in [0, 0.05) is 12.8 Å². The van der Waals surface area contributed by atoms with Crippen molar-refractivity contribution < 1.29 is 24.5 Å². The fraction of sp³-hybridized carbons (Fsp3) is 0.842. The monoisotopic (exact) mass is 1150 g/mol. The first kappa shape index (κ1) is 79.6. The second-order valence-electron chi connectivity index (χ2n) is 24.9. The number of carbonyl (C=O) groups excluding carboxylic acids is 2. The SMILES string of the molecule is CCCCC/C=C\C/C=C\CCCCCCCC(=O)OCCCCCCCCCCCCC/C=C\C/C=C\CCCCCCCCCCCCCCCCCCCC(=O)NC(CO)C(O)/C=C/CCCCCCCCCCCCCCC. The van der Waals surface area contributed by atoms with E-state index in [1.165, 1.54) is 302 Å². The Morgan fingerprint density at radius 2 is 0.610 bits per heavy atom. The molecule has 0 radical (unpaired) electrons. The molecule has 3 N–H and O–H groups in total. The molecular weight excluding hydrogens is 1010 g/mol. The highest BCUT2D eigenvalue weighted by Crippen LogP contribution is 2.18. The molecule has 0 aromatic carbocycles. The number of allylic oxidation sites excluding steroid dienone is 9. The Labute approximate surface area is 511 Å². The molecule has 0 spiro atoms. The Morgan fingerprint density at radius 3 is 0.951 bits per heavy atom. The third-order valence-corrected chi connectivity index (χ3v) is 16.8. The average molecular weight is 1150 g/mol. The van der Waals surface area contributed by atoms with Gasteiger partial charge in [0.2, 0.25) is 5.91 Å². The van der Waals surface area contributed by atoms with Crippen LogP contribution >= 0.6 is 0 Å². The van der Waals surface area contributed by atoms with Crippen LogP contribution in [-0.4, -0.2) is 47.4 Å². The fourth-order valence-corrected chi connectivity index (χ4v) is 11.2. The van der Waals surface area contributed by atoms with Crippen LogP contribution in [0.5, 0.6) is 0 Å². The zero-order valence-corrected chi connectivity index (χ0v) is 55.0. The predicted molar refractivity (Wildman–Crippen MR) is 361 cm³/mol. The molecule has 0 aliphatic carbocycles. The fourth-order valence-electron chi connectivity index (χ4n) is 11.2. The Bertz CT molecular complexity index is 1420. The van der Waals surface area contributed by atoms with Crippen molar-refractivity contribution in [3.8, 4) is 0 Å². The Morgan fingerprint density at radius 1 is 0.341 bits per heavy atom. The van der Waals surface area contributed by atoms with Gasteiger partial charge in [-0.2, -0.15) is 0 Å². The van der Waals surface area contributed by atoms with Crippen LogP contribution in [0.15, 0.2) is 60.8 Å². The third kappa shape index (κ3) is 66.7. The second-order valence-corrected chi connectivity index (χ2v) is 24.9. The molecule has 0 aromatic heterocycles. The maximum absolute atomic E-state index is 12.5. The standard InChI is InChI=1S/C76H141NO5/c1-3-5-7-9-11-13-15-17-40-44-48-52-56-60-64-68-74(79)73(72-78)77-75(80)69-65-61-57-53-49-45-42-38-36-34-32-30-28-26-24-22-20-19-21-23-25-27-29-31-33-35-37-39-43-47-51-55-59-63-67-71-82-76(81)70-66-62-58-54-50-46-41-18-16-14-12-10-8-6-4-2/h12,14,18,21,23,27,29,41,64,68,73-74,78-79H,3-11,13,15-17,19-20,22,24-26,28,30-40,42-63,65-67,69-72H2,1-2H3,(H,77,80)/b14-12-,23-21-,29-27-,41-18-,68-64+. The number of unbranched alkanes of at least 4 members (excludes halogenated alkanes) is 49. The topological polar surface area (TPSA) is 95.9 Å². The first-order valence-electron chi connectivity index (χ1n) is 36.6. The maximum Gasteiger partial charge on any atom is 0.305 e. The van der Waals surface area contributed by atoms with Crippen LogP contribution in [0.2, 0.25) is 0 Å². The van der Waals surface area contributed by atoms with Crippen LogP contribution in [0.1, 0.15) is 386 Å². The summed E-state index contributed by atoms with van der Waals surface area (Å²) in [6, 6.07) is -0.627. The van der Waals surface area contributed by atoms with Crippen LogP contribution in [0.4, 0.5) is 0 Å². The van der Waals surface area contributed by atoms with E-state index in [1.807, 2.05) is 6.08 Å². The predicted octanol–water partition coefficient (Wildman–Crippen LogP) is 23.8. The highest BCUT2D eigenvalue weighted by atomic mass is 16.5. The molecule has 480 valence electrons. The van der Waals surface area contributed by atoms with E-state index >= 15 is 0 Å². The molecule has 1 amide bonds. The number of ether oxygens (including phenoxy) is 1. The minimum Gasteiger partial charge on any atom is -0.466 e. The van der Waals surface area contributed by atoms with E-state index < -0.39 is 12.1 Å². The summed E-state index contributed by atoms with van der Waals surface area (Å²) in [6.07, 6.45) is 94.6. The van der Waals surface area contributed by atoms with Gasteiger partial charge in [-0.1, -0.05) is 338 Å². The van der Waals surface area contributed by atoms with Crippen molar-refractivity contribution in [3.05, 3.63) is 60.8 Å². The summed E-state index contributed by atoms with van der Waals surface area (Å²) in [6.45, 7) is 4.89. The summed E-state index contributed by atoms with van der Waals surface area (Å²) in [5.41, 5.74) is 0. The van der Waals surface area contributed by atoms with E-state index in [-0.39, 0.29) is 18.5 Å². The molecule has 0 aliphatic rings. The van der Waals surface area contributed by atoms with Gasteiger partial charge >= 0.3 is 5.97 Å². The molecular formula is C76H141NO5. The molecule has 2 atom stereocenters. The Balaban J connectivity index is 3.39. The summed E-state index contributed by atoms with van der Waals surface area (Å²) in [5, 5.41) is 23.2. The third-order valence-electron chi connectivity index (χ3n) is 16.8. The maximum atomic E-state index is 12.5. The van der Waals surface area contributed by atoms with E-state index in [9.17, 15) is 19.8 Å². The number of aliphatic hydroxyl groups excluding tert-OH is 2. The lowest BCUT2D eigenvalue weighted by atomic mass is 10.0. The summed E-state index contributed by atoms with van der Waals surface area (Å²) >= 11 is 0. The lowest BCUT2D eigenvalue weighted by Gasteiger charge is -2.20. The van der Waals surface area contributed by atoms with Crippen LogP contribution < -0.4 is 5.32 Å². The molecule has 6 nitrogen and oxygen atoms in total. The van der Waals surface area contributed by atoms with Gasteiger partial charge in [0.15, 0.2) is 0 Å². The summed E-state index contributed by atoms with van der Waals surface area (Å²) < 4.78 is 5.48. The Hall–Kier alpha value is -2.44. The average Bonchev–Trinajstić information content (AvgIpc) is 3.48. The summed E-state index contributed by atoms with van der Waals surface area (Å²) in [5.74, 6) is -0.0617. The molecule has 0 aliphatic heterocycles. The van der Waals surface area contributed by atoms with Gasteiger partial charge in [0.1, 0.15) is 0 Å². The van der Waals surface area contributed by atoms with Gasteiger partial charge in [0.05, 0.1) is 25.4 Å².